The van der Waals surface area contributed by atoms with E-state index in [1.54, 1.807) is 0 Å². The maximum absolute atomic E-state index is 13.2. The summed E-state index contributed by atoms with van der Waals surface area (Å²) in [4.78, 5) is -0.201. The molecule has 0 unspecified atom stereocenters. The molecule has 0 saturated carbocycles. The maximum Gasteiger partial charge on any atom is 0.242 e. The van der Waals surface area contributed by atoms with Crippen LogP contribution in [0.4, 0.5) is 4.39 Å². The number of nitrogens with one attached hydrogen (secondary N) is 2. The Hall–Kier alpha value is -2.35. The molecule has 0 atom stereocenters. The maximum atomic E-state index is 13.2. The number of benzene rings is 1. The highest BCUT2D eigenvalue weighted by Gasteiger charge is 2.19. The molecule has 0 spiro atoms. The molecule has 0 bridgehead atoms. The predicted molar refractivity (Wildman–Crippen MR) is 68.6 cm³/mol. The van der Waals surface area contributed by atoms with Crippen LogP contribution in [0.3, 0.4) is 0 Å². The summed E-state index contributed by atoms with van der Waals surface area (Å²) in [5.74, 6) is 4.20. The number of hydrogen-bond acceptors (Lipinski definition) is 6. The van der Waals surface area contributed by atoms with E-state index < -0.39 is 22.4 Å². The minimum Gasteiger partial charge on any atom is -0.384 e. The smallest absolute Gasteiger partial charge is 0.242 e. The van der Waals surface area contributed by atoms with Crippen molar-refractivity contribution < 1.29 is 17.9 Å². The van der Waals surface area contributed by atoms with Gasteiger partial charge in [-0.15, -0.1) is 10.2 Å². The average molecular weight is 311 g/mol. The zero-order valence-corrected chi connectivity index (χ0v) is 11.4. The minimum absolute atomic E-state index is 0.0512. The molecule has 8 nitrogen and oxygen atoms in total. The summed E-state index contributed by atoms with van der Waals surface area (Å²) in [6.45, 7) is -0.643. The largest absolute Gasteiger partial charge is 0.384 e. The van der Waals surface area contributed by atoms with Crippen molar-refractivity contribution in [2.75, 3.05) is 6.61 Å². The Kier molecular flexibility index (Phi) is 4.59. The van der Waals surface area contributed by atoms with E-state index in [1.807, 2.05) is 0 Å². The SMILES string of the molecule is O=S(=O)(NCc1nn[nH]n1)c1ccc(F)cc1C#CCO. The second-order valence-electron chi connectivity index (χ2n) is 3.75. The van der Waals surface area contributed by atoms with Crippen LogP contribution in [-0.4, -0.2) is 40.8 Å². The number of aromatic nitrogens is 4. The molecular weight excluding hydrogens is 301 g/mol. The molecule has 1 aromatic carbocycles. The Morgan fingerprint density at radius 2 is 2.24 bits per heavy atom. The van der Waals surface area contributed by atoms with Gasteiger partial charge < -0.3 is 5.11 Å². The molecule has 3 N–H and O–H groups in total. The van der Waals surface area contributed by atoms with Crippen molar-refractivity contribution in [3.63, 3.8) is 0 Å². The first-order valence-corrected chi connectivity index (χ1v) is 7.12. The van der Waals surface area contributed by atoms with Crippen molar-refractivity contribution in [1.29, 1.82) is 0 Å². The standard InChI is InChI=1S/C11H10FN5O3S/c12-9-3-4-10(8(6-9)2-1-5-18)21(19,20)13-7-11-14-16-17-15-11/h3-4,6,13,18H,5,7H2,(H,14,15,16,17). The number of tetrazole rings is 1. The normalized spacial score (nSPS) is 11.0. The van der Waals surface area contributed by atoms with Gasteiger partial charge in [-0.1, -0.05) is 17.1 Å². The van der Waals surface area contributed by atoms with E-state index in [2.05, 4.69) is 37.2 Å². The van der Waals surface area contributed by atoms with Gasteiger partial charge >= 0.3 is 0 Å². The third kappa shape index (κ3) is 3.82. The lowest BCUT2D eigenvalue weighted by molar-refractivity contribution is 0.350. The molecule has 0 saturated heterocycles. The van der Waals surface area contributed by atoms with Gasteiger partial charge in [0.2, 0.25) is 10.0 Å². The fourth-order valence-corrected chi connectivity index (χ4v) is 2.58. The number of rotatable bonds is 4. The molecule has 0 radical (unpaired) electrons. The van der Waals surface area contributed by atoms with E-state index in [0.29, 0.717) is 0 Å². The highest BCUT2D eigenvalue weighted by molar-refractivity contribution is 7.89. The van der Waals surface area contributed by atoms with Gasteiger partial charge in [-0.05, 0) is 18.2 Å². The van der Waals surface area contributed by atoms with Gasteiger partial charge in [0, 0.05) is 5.56 Å². The van der Waals surface area contributed by atoms with Crippen LogP contribution in [-0.2, 0) is 16.6 Å². The summed E-state index contributed by atoms with van der Waals surface area (Å²) >= 11 is 0. The molecule has 1 aromatic heterocycles. The molecule has 0 fully saturated rings. The quantitative estimate of drug-likeness (QED) is 0.633. The van der Waals surface area contributed by atoms with Gasteiger partial charge in [0.15, 0.2) is 5.82 Å². The first kappa shape index (κ1) is 15.0. The Bertz CT molecular complexity index is 780. The summed E-state index contributed by atoms with van der Waals surface area (Å²) in [5.41, 5.74) is -0.0512. The number of aromatic amines is 1. The molecule has 0 amide bonds. The third-order valence-electron chi connectivity index (χ3n) is 2.34. The van der Waals surface area contributed by atoms with E-state index in [4.69, 9.17) is 5.11 Å². The van der Waals surface area contributed by atoms with Crippen LogP contribution in [0.1, 0.15) is 11.4 Å². The zero-order valence-electron chi connectivity index (χ0n) is 10.5. The number of aliphatic hydroxyl groups excluding tert-OH is 1. The monoisotopic (exact) mass is 311 g/mol. The number of halogens is 1. The molecule has 0 aliphatic carbocycles. The molecule has 0 aliphatic rings. The first-order chi connectivity index (χ1) is 10.0. The van der Waals surface area contributed by atoms with Crippen molar-refractivity contribution in [3.8, 4) is 11.8 Å². The van der Waals surface area contributed by atoms with Crippen molar-refractivity contribution in [3.05, 3.63) is 35.4 Å². The van der Waals surface area contributed by atoms with Crippen molar-refractivity contribution in [2.45, 2.75) is 11.4 Å². The number of hydrogen-bond donors (Lipinski definition) is 3. The van der Waals surface area contributed by atoms with Gasteiger partial charge in [0.1, 0.15) is 12.4 Å². The lowest BCUT2D eigenvalue weighted by Crippen LogP contribution is -2.24. The van der Waals surface area contributed by atoms with Crippen LogP contribution in [0.25, 0.3) is 0 Å². The summed E-state index contributed by atoms with van der Waals surface area (Å²) < 4.78 is 39.8. The Morgan fingerprint density at radius 1 is 1.43 bits per heavy atom. The highest BCUT2D eigenvalue weighted by Crippen LogP contribution is 2.16. The molecule has 2 aromatic rings. The first-order valence-electron chi connectivity index (χ1n) is 5.64. The molecule has 21 heavy (non-hydrogen) atoms. The van der Waals surface area contributed by atoms with Crippen LogP contribution >= 0.6 is 0 Å². The second-order valence-corrected chi connectivity index (χ2v) is 5.49. The molecule has 10 heteroatoms. The third-order valence-corrected chi connectivity index (χ3v) is 3.80. The predicted octanol–water partition coefficient (Wildman–Crippen LogP) is -0.839. The van der Waals surface area contributed by atoms with Crippen LogP contribution in [0.15, 0.2) is 23.1 Å². The topological polar surface area (TPSA) is 121 Å². The zero-order chi connectivity index (χ0) is 15.3. The van der Waals surface area contributed by atoms with E-state index in [1.165, 1.54) is 0 Å². The lowest BCUT2D eigenvalue weighted by Gasteiger charge is -2.07. The fraction of sp³-hybridized carbons (Fsp3) is 0.182. The van der Waals surface area contributed by atoms with E-state index in [-0.39, 0.29) is 22.8 Å². The number of sulfonamides is 1. The highest BCUT2D eigenvalue weighted by atomic mass is 32.2. The fourth-order valence-electron chi connectivity index (χ4n) is 1.46. The van der Waals surface area contributed by atoms with Crippen LogP contribution < -0.4 is 4.72 Å². The van der Waals surface area contributed by atoms with Gasteiger partial charge in [-0.25, -0.2) is 17.5 Å². The number of nitrogens with zero attached hydrogens (tertiary/aromatic N) is 3. The van der Waals surface area contributed by atoms with Gasteiger partial charge in [0.25, 0.3) is 0 Å². The molecular formula is C11H10FN5O3S. The van der Waals surface area contributed by atoms with E-state index in [0.717, 1.165) is 18.2 Å². The molecule has 110 valence electrons. The van der Waals surface area contributed by atoms with Crippen LogP contribution in [0, 0.1) is 17.7 Å². The number of H-pyrrole nitrogens is 1. The van der Waals surface area contributed by atoms with Gasteiger partial charge in [-0.3, -0.25) is 0 Å². The Balaban J connectivity index is 2.30. The Labute approximate surface area is 119 Å². The molecule has 1 heterocycles. The minimum atomic E-state index is -3.94. The summed E-state index contributed by atoms with van der Waals surface area (Å²) in [7, 11) is -3.94. The van der Waals surface area contributed by atoms with Crippen LogP contribution in [0.5, 0.6) is 0 Å². The Morgan fingerprint density at radius 3 is 2.90 bits per heavy atom. The summed E-state index contributed by atoms with van der Waals surface area (Å²) in [6, 6.07) is 3.08. The lowest BCUT2D eigenvalue weighted by atomic mass is 10.2. The van der Waals surface area contributed by atoms with Crippen LogP contribution in [0.2, 0.25) is 0 Å². The average Bonchev–Trinajstić information content (AvgIpc) is 2.96. The summed E-state index contributed by atoms with van der Waals surface area (Å²) in [6.07, 6.45) is 0. The van der Waals surface area contributed by atoms with E-state index in [9.17, 15) is 12.8 Å². The van der Waals surface area contributed by atoms with Crippen molar-refractivity contribution in [2.24, 2.45) is 0 Å². The van der Waals surface area contributed by atoms with Gasteiger partial charge in [0.05, 0.1) is 11.4 Å². The van der Waals surface area contributed by atoms with E-state index >= 15 is 0 Å². The molecule has 0 aliphatic heterocycles. The summed E-state index contributed by atoms with van der Waals surface area (Å²) in [5, 5.41) is 21.3. The number of aliphatic hydroxyl groups is 1. The van der Waals surface area contributed by atoms with Crippen molar-refractivity contribution in [1.82, 2.24) is 25.3 Å². The second kappa shape index (κ2) is 6.40. The van der Waals surface area contributed by atoms with Crippen molar-refractivity contribution >= 4 is 10.0 Å². The van der Waals surface area contributed by atoms with Gasteiger partial charge in [-0.2, -0.15) is 5.21 Å². The molecule has 2 rings (SSSR count).